The highest BCUT2D eigenvalue weighted by Gasteiger charge is 2.23. The molecule has 1 aromatic rings. The van der Waals surface area contributed by atoms with E-state index in [9.17, 15) is 9.59 Å². The minimum absolute atomic E-state index is 0.147. The Labute approximate surface area is 114 Å². The van der Waals surface area contributed by atoms with E-state index in [0.717, 1.165) is 18.4 Å². The van der Waals surface area contributed by atoms with Gasteiger partial charge in [-0.1, -0.05) is 50.6 Å². The summed E-state index contributed by atoms with van der Waals surface area (Å²) in [5, 5.41) is 2.75. The third-order valence-electron chi connectivity index (χ3n) is 3.08. The van der Waals surface area contributed by atoms with Gasteiger partial charge in [0.1, 0.15) is 0 Å². The Hall–Kier alpha value is -1.68. The Morgan fingerprint density at radius 1 is 1.21 bits per heavy atom. The molecule has 0 saturated heterocycles. The van der Waals surface area contributed by atoms with E-state index in [4.69, 9.17) is 5.73 Å². The number of carbonyl (C=O) groups is 2. The Morgan fingerprint density at radius 3 is 2.37 bits per heavy atom. The summed E-state index contributed by atoms with van der Waals surface area (Å²) in [6, 6.07) is 8.77. The molecule has 0 aromatic heterocycles. The monoisotopic (exact) mass is 262 g/mol. The van der Waals surface area contributed by atoms with Crippen LogP contribution in [0.4, 0.5) is 0 Å². The maximum absolute atomic E-state index is 11.9. The van der Waals surface area contributed by atoms with Crippen LogP contribution in [0.15, 0.2) is 30.3 Å². The zero-order valence-electron chi connectivity index (χ0n) is 11.6. The maximum atomic E-state index is 11.9. The van der Waals surface area contributed by atoms with Gasteiger partial charge in [0.05, 0.1) is 12.1 Å². The molecular weight excluding hydrogens is 240 g/mol. The minimum atomic E-state index is -0.696. The molecule has 0 saturated carbocycles. The number of rotatable bonds is 7. The molecule has 1 amide bonds. The summed E-state index contributed by atoms with van der Waals surface area (Å²) in [5.41, 5.74) is 6.67. The van der Waals surface area contributed by atoms with Crippen molar-refractivity contribution in [2.75, 3.05) is 0 Å². The maximum Gasteiger partial charge on any atom is 0.289 e. The fourth-order valence-electron chi connectivity index (χ4n) is 1.95. The zero-order chi connectivity index (χ0) is 14.3. The normalized spacial score (nSPS) is 13.6. The van der Waals surface area contributed by atoms with Crippen LogP contribution in [0.1, 0.15) is 44.7 Å². The number of ketones is 1. The molecule has 0 heterocycles. The Kier molecular flexibility index (Phi) is 6.22. The second-order valence-electron chi connectivity index (χ2n) is 4.60. The van der Waals surface area contributed by atoms with Gasteiger partial charge < -0.3 is 11.1 Å². The molecule has 0 radical (unpaired) electrons. The third kappa shape index (κ3) is 4.48. The van der Waals surface area contributed by atoms with Crippen LogP contribution >= 0.6 is 0 Å². The first kappa shape index (κ1) is 15.4. The summed E-state index contributed by atoms with van der Waals surface area (Å²) in [4.78, 5) is 23.6. The first-order chi connectivity index (χ1) is 9.10. The molecule has 0 aliphatic heterocycles. The molecule has 0 bridgehead atoms. The number of hydrogen-bond donors (Lipinski definition) is 2. The van der Waals surface area contributed by atoms with Crippen molar-refractivity contribution in [1.29, 1.82) is 0 Å². The molecule has 4 heteroatoms. The number of Topliss-reactive ketones (excluding diaryl/α,β-unsaturated/α-hetero) is 1. The summed E-state index contributed by atoms with van der Waals surface area (Å²) < 4.78 is 0. The average Bonchev–Trinajstić information content (AvgIpc) is 2.44. The van der Waals surface area contributed by atoms with Gasteiger partial charge in [0, 0.05) is 0 Å². The van der Waals surface area contributed by atoms with Crippen molar-refractivity contribution in [3.8, 4) is 0 Å². The van der Waals surface area contributed by atoms with Crippen LogP contribution in [0.25, 0.3) is 0 Å². The summed E-state index contributed by atoms with van der Waals surface area (Å²) in [7, 11) is 0. The number of carbonyl (C=O) groups excluding carboxylic acids is 2. The highest BCUT2D eigenvalue weighted by atomic mass is 16.2. The van der Waals surface area contributed by atoms with E-state index in [0.29, 0.717) is 6.42 Å². The molecule has 2 unspecified atom stereocenters. The molecule has 2 atom stereocenters. The quantitative estimate of drug-likeness (QED) is 0.738. The topological polar surface area (TPSA) is 72.2 Å². The lowest BCUT2D eigenvalue weighted by Crippen LogP contribution is -2.43. The van der Waals surface area contributed by atoms with Crippen LogP contribution < -0.4 is 11.1 Å². The molecule has 3 N–H and O–H groups in total. The van der Waals surface area contributed by atoms with Gasteiger partial charge in [-0.15, -0.1) is 0 Å². The van der Waals surface area contributed by atoms with Crippen LogP contribution in [0.5, 0.6) is 0 Å². The van der Waals surface area contributed by atoms with Crippen molar-refractivity contribution < 1.29 is 9.59 Å². The van der Waals surface area contributed by atoms with Crippen molar-refractivity contribution in [3.05, 3.63) is 35.9 Å². The fraction of sp³-hybridized carbons (Fsp3) is 0.467. The van der Waals surface area contributed by atoms with Gasteiger partial charge in [-0.25, -0.2) is 0 Å². The highest BCUT2D eigenvalue weighted by Crippen LogP contribution is 2.15. The molecular formula is C15H22N2O2. The smallest absolute Gasteiger partial charge is 0.289 e. The van der Waals surface area contributed by atoms with Crippen LogP contribution in [0, 0.1) is 0 Å². The second-order valence-corrected chi connectivity index (χ2v) is 4.60. The number of benzene rings is 1. The fourth-order valence-corrected chi connectivity index (χ4v) is 1.95. The van der Waals surface area contributed by atoms with E-state index in [1.54, 1.807) is 0 Å². The number of nitrogens with one attached hydrogen (secondary N) is 1. The number of amides is 1. The molecule has 0 fully saturated rings. The van der Waals surface area contributed by atoms with E-state index in [1.807, 2.05) is 44.2 Å². The number of hydrogen-bond acceptors (Lipinski definition) is 3. The van der Waals surface area contributed by atoms with Gasteiger partial charge in [-0.3, -0.25) is 9.59 Å². The highest BCUT2D eigenvalue weighted by molar-refractivity contribution is 6.38. The minimum Gasteiger partial charge on any atom is -0.343 e. The van der Waals surface area contributed by atoms with E-state index >= 15 is 0 Å². The Bertz CT molecular complexity index is 417. The van der Waals surface area contributed by atoms with Crippen LogP contribution in [-0.2, 0) is 9.59 Å². The molecule has 0 aliphatic carbocycles. The first-order valence-corrected chi connectivity index (χ1v) is 6.75. The summed E-state index contributed by atoms with van der Waals surface area (Å²) >= 11 is 0. The summed E-state index contributed by atoms with van der Waals surface area (Å²) in [6.45, 7) is 3.90. The Balaban J connectivity index is 2.66. The second kappa shape index (κ2) is 7.69. The van der Waals surface area contributed by atoms with Gasteiger partial charge in [-0.05, 0) is 18.4 Å². The lowest BCUT2D eigenvalue weighted by Gasteiger charge is -2.18. The SMILES string of the molecule is CCCC(N)C(=O)C(=O)NC(CC)c1ccccc1. The largest absolute Gasteiger partial charge is 0.343 e. The van der Waals surface area contributed by atoms with Gasteiger partial charge >= 0.3 is 0 Å². The molecule has 104 valence electrons. The van der Waals surface area contributed by atoms with Crippen molar-refractivity contribution in [3.63, 3.8) is 0 Å². The standard InChI is InChI=1S/C15H22N2O2/c1-3-8-12(16)14(18)15(19)17-13(4-2)11-9-6-5-7-10-11/h5-7,9-10,12-13H,3-4,8,16H2,1-2H3,(H,17,19). The molecule has 0 spiro atoms. The predicted octanol–water partition coefficient (Wildman–Crippen LogP) is 1.95. The van der Waals surface area contributed by atoms with Crippen molar-refractivity contribution in [2.45, 2.75) is 45.2 Å². The van der Waals surface area contributed by atoms with Crippen LogP contribution in [-0.4, -0.2) is 17.7 Å². The lowest BCUT2D eigenvalue weighted by atomic mass is 10.0. The van der Waals surface area contributed by atoms with Gasteiger partial charge in [-0.2, -0.15) is 0 Å². The average molecular weight is 262 g/mol. The van der Waals surface area contributed by atoms with Crippen LogP contribution in [0.3, 0.4) is 0 Å². The van der Waals surface area contributed by atoms with Gasteiger partial charge in [0.2, 0.25) is 5.78 Å². The summed E-state index contributed by atoms with van der Waals surface area (Å²) in [6.07, 6.45) is 2.05. The third-order valence-corrected chi connectivity index (χ3v) is 3.08. The van der Waals surface area contributed by atoms with E-state index in [-0.39, 0.29) is 6.04 Å². The summed E-state index contributed by atoms with van der Waals surface area (Å²) in [5.74, 6) is -1.12. The molecule has 1 rings (SSSR count). The van der Waals surface area contributed by atoms with E-state index < -0.39 is 17.7 Å². The molecule has 19 heavy (non-hydrogen) atoms. The first-order valence-electron chi connectivity index (χ1n) is 6.75. The van der Waals surface area contributed by atoms with Gasteiger partial charge in [0.15, 0.2) is 0 Å². The van der Waals surface area contributed by atoms with Crippen molar-refractivity contribution in [1.82, 2.24) is 5.32 Å². The Morgan fingerprint density at radius 2 is 1.84 bits per heavy atom. The zero-order valence-corrected chi connectivity index (χ0v) is 11.6. The van der Waals surface area contributed by atoms with Crippen molar-refractivity contribution >= 4 is 11.7 Å². The lowest BCUT2D eigenvalue weighted by molar-refractivity contribution is -0.139. The predicted molar refractivity (Wildman–Crippen MR) is 75.5 cm³/mol. The van der Waals surface area contributed by atoms with E-state index in [2.05, 4.69) is 5.32 Å². The molecule has 0 aliphatic rings. The molecule has 4 nitrogen and oxygen atoms in total. The van der Waals surface area contributed by atoms with Crippen molar-refractivity contribution in [2.24, 2.45) is 5.73 Å². The number of nitrogens with two attached hydrogens (primary N) is 1. The van der Waals surface area contributed by atoms with Crippen LogP contribution in [0.2, 0.25) is 0 Å². The van der Waals surface area contributed by atoms with E-state index in [1.165, 1.54) is 0 Å². The molecule has 1 aromatic carbocycles. The van der Waals surface area contributed by atoms with Gasteiger partial charge in [0.25, 0.3) is 5.91 Å².